The summed E-state index contributed by atoms with van der Waals surface area (Å²) in [5, 5.41) is 1.39. The van der Waals surface area contributed by atoms with E-state index in [1.807, 2.05) is 6.07 Å². The van der Waals surface area contributed by atoms with Gasteiger partial charge in [-0.05, 0) is 61.0 Å². The fourth-order valence-electron chi connectivity index (χ4n) is 4.14. The molecular weight excluding hydrogens is 501 g/mol. The van der Waals surface area contributed by atoms with E-state index >= 15 is 0 Å². The summed E-state index contributed by atoms with van der Waals surface area (Å²) in [5.74, 6) is 0.122. The van der Waals surface area contributed by atoms with Gasteiger partial charge in [-0.1, -0.05) is 29.3 Å². The van der Waals surface area contributed by atoms with Crippen LogP contribution in [0.2, 0.25) is 10.0 Å². The third kappa shape index (κ3) is 4.17. The van der Waals surface area contributed by atoms with Crippen LogP contribution >= 0.6 is 23.2 Å². The van der Waals surface area contributed by atoms with Gasteiger partial charge in [0, 0.05) is 34.3 Å². The molecule has 3 aromatic heterocycles. The first-order chi connectivity index (χ1) is 17.4. The van der Waals surface area contributed by atoms with E-state index in [1.54, 1.807) is 66.2 Å². The number of rotatable bonds is 6. The zero-order chi connectivity index (χ0) is 25.4. The second-order valence-corrected chi connectivity index (χ2v) is 8.85. The summed E-state index contributed by atoms with van der Waals surface area (Å²) in [5.41, 5.74) is 2.72. The standard InChI is InChI=1S/C27H19Cl2N3O4/c1-15-18(13-21(33)26-31-14-23(36-26)19-5-3-4-12-30-19)24-20(10-11-22(35-2)25(24)29)32(15)27(34)16-6-8-17(28)9-7-16/h3-12,14H,13H2,1-2H3. The number of fused-ring (bicyclic) bond motifs is 1. The van der Waals surface area contributed by atoms with Gasteiger partial charge < -0.3 is 9.15 Å². The number of oxazole rings is 1. The Labute approximate surface area is 216 Å². The molecule has 0 aliphatic heterocycles. The Kier molecular flexibility index (Phi) is 6.35. The molecule has 0 unspecified atom stereocenters. The third-order valence-corrected chi connectivity index (χ3v) is 6.54. The van der Waals surface area contributed by atoms with Crippen molar-refractivity contribution in [2.45, 2.75) is 13.3 Å². The minimum Gasteiger partial charge on any atom is -0.495 e. The van der Waals surface area contributed by atoms with Crippen molar-refractivity contribution in [3.63, 3.8) is 0 Å². The lowest BCUT2D eigenvalue weighted by molar-refractivity contribution is 0.0948. The molecule has 0 bridgehead atoms. The molecule has 7 nitrogen and oxygen atoms in total. The van der Waals surface area contributed by atoms with Crippen molar-refractivity contribution >= 4 is 45.8 Å². The Morgan fingerprint density at radius 2 is 1.81 bits per heavy atom. The van der Waals surface area contributed by atoms with Crippen LogP contribution in [0.25, 0.3) is 22.4 Å². The Bertz CT molecular complexity index is 1610. The maximum absolute atomic E-state index is 13.5. The first-order valence-electron chi connectivity index (χ1n) is 11.0. The van der Waals surface area contributed by atoms with Gasteiger partial charge >= 0.3 is 0 Å². The van der Waals surface area contributed by atoms with Gasteiger partial charge in [0.2, 0.25) is 5.78 Å². The number of halogens is 2. The molecule has 3 heterocycles. The lowest BCUT2D eigenvalue weighted by atomic mass is 10.0. The van der Waals surface area contributed by atoms with E-state index in [4.69, 9.17) is 32.4 Å². The zero-order valence-electron chi connectivity index (χ0n) is 19.3. The van der Waals surface area contributed by atoms with Gasteiger partial charge in [-0.2, -0.15) is 0 Å². The maximum atomic E-state index is 13.5. The molecule has 0 amide bonds. The summed E-state index contributed by atoms with van der Waals surface area (Å²) in [4.78, 5) is 35.1. The van der Waals surface area contributed by atoms with E-state index < -0.39 is 0 Å². The lowest BCUT2D eigenvalue weighted by Crippen LogP contribution is -2.14. The number of benzene rings is 2. The number of pyridine rings is 1. The van der Waals surface area contributed by atoms with Gasteiger partial charge in [0.15, 0.2) is 5.76 Å². The summed E-state index contributed by atoms with van der Waals surface area (Å²) in [7, 11) is 1.51. The van der Waals surface area contributed by atoms with E-state index in [9.17, 15) is 9.59 Å². The minimum absolute atomic E-state index is 0.0565. The van der Waals surface area contributed by atoms with Crippen molar-refractivity contribution in [3.05, 3.63) is 99.7 Å². The Morgan fingerprint density at radius 3 is 2.50 bits per heavy atom. The molecule has 36 heavy (non-hydrogen) atoms. The highest BCUT2D eigenvalue weighted by molar-refractivity contribution is 6.37. The first kappa shape index (κ1) is 23.8. The second kappa shape index (κ2) is 9.60. The molecule has 5 rings (SSSR count). The Balaban J connectivity index is 1.59. The highest BCUT2D eigenvalue weighted by atomic mass is 35.5. The van der Waals surface area contributed by atoms with Crippen LogP contribution in [-0.4, -0.2) is 33.3 Å². The maximum Gasteiger partial charge on any atom is 0.264 e. The number of Topliss-reactive ketones (excluding diaryl/α,β-unsaturated/α-hetero) is 1. The quantitative estimate of drug-likeness (QED) is 0.240. The predicted octanol–water partition coefficient (Wildman–Crippen LogP) is 6.43. The van der Waals surface area contributed by atoms with E-state index in [2.05, 4.69) is 9.97 Å². The molecule has 0 saturated carbocycles. The average molecular weight is 520 g/mol. The van der Waals surface area contributed by atoms with Gasteiger partial charge in [0.05, 0.1) is 23.8 Å². The van der Waals surface area contributed by atoms with Crippen LogP contribution in [0, 0.1) is 6.92 Å². The monoisotopic (exact) mass is 519 g/mol. The fourth-order valence-corrected chi connectivity index (χ4v) is 4.62. The number of carbonyl (C=O) groups excluding carboxylic acids is 2. The van der Waals surface area contributed by atoms with Crippen LogP contribution in [0.3, 0.4) is 0 Å². The molecule has 0 radical (unpaired) electrons. The molecule has 2 aromatic carbocycles. The van der Waals surface area contributed by atoms with E-state index in [0.717, 1.165) is 0 Å². The van der Waals surface area contributed by atoms with Crippen molar-refractivity contribution in [1.82, 2.24) is 14.5 Å². The van der Waals surface area contributed by atoms with E-state index in [-0.39, 0.29) is 24.0 Å². The topological polar surface area (TPSA) is 87.2 Å². The van der Waals surface area contributed by atoms with Gasteiger partial charge in [-0.3, -0.25) is 19.1 Å². The van der Waals surface area contributed by atoms with Crippen molar-refractivity contribution in [2.24, 2.45) is 0 Å². The number of hydrogen-bond donors (Lipinski definition) is 0. The summed E-state index contributed by atoms with van der Waals surface area (Å²) in [6.45, 7) is 1.77. The van der Waals surface area contributed by atoms with Crippen molar-refractivity contribution in [2.75, 3.05) is 7.11 Å². The number of hydrogen-bond acceptors (Lipinski definition) is 6. The normalized spacial score (nSPS) is 11.1. The van der Waals surface area contributed by atoms with Crippen LogP contribution in [0.1, 0.15) is 32.3 Å². The van der Waals surface area contributed by atoms with Crippen LogP contribution < -0.4 is 4.74 Å². The van der Waals surface area contributed by atoms with Crippen molar-refractivity contribution < 1.29 is 18.7 Å². The molecule has 0 spiro atoms. The number of ether oxygens (including phenoxy) is 1. The molecule has 0 atom stereocenters. The van der Waals surface area contributed by atoms with Crippen LogP contribution in [0.15, 0.2) is 71.4 Å². The van der Waals surface area contributed by atoms with Crippen LogP contribution in [0.4, 0.5) is 0 Å². The molecule has 180 valence electrons. The number of aromatic nitrogens is 3. The van der Waals surface area contributed by atoms with E-state index in [1.165, 1.54) is 13.3 Å². The number of nitrogens with zero attached hydrogens (tertiary/aromatic N) is 3. The number of carbonyl (C=O) groups is 2. The molecule has 9 heteroatoms. The molecule has 0 aliphatic carbocycles. The SMILES string of the molecule is COc1ccc2c(c1Cl)c(CC(=O)c1ncc(-c3ccccn3)o1)c(C)n2C(=O)c1ccc(Cl)cc1. The summed E-state index contributed by atoms with van der Waals surface area (Å²) < 4.78 is 12.6. The molecule has 0 fully saturated rings. The molecule has 0 N–H and O–H groups in total. The van der Waals surface area contributed by atoms with Gasteiger partial charge in [0.25, 0.3) is 11.8 Å². The average Bonchev–Trinajstić information content (AvgIpc) is 3.49. The molecule has 0 saturated heterocycles. The molecular formula is C27H19Cl2N3O4. The predicted molar refractivity (Wildman–Crippen MR) is 137 cm³/mol. The summed E-state index contributed by atoms with van der Waals surface area (Å²) >= 11 is 12.7. The highest BCUT2D eigenvalue weighted by Crippen LogP contribution is 2.39. The summed E-state index contributed by atoms with van der Waals surface area (Å²) in [6.07, 6.45) is 3.01. The van der Waals surface area contributed by atoms with E-state index in [0.29, 0.717) is 55.0 Å². The Morgan fingerprint density at radius 1 is 1.03 bits per heavy atom. The zero-order valence-corrected chi connectivity index (χ0v) is 20.8. The van der Waals surface area contributed by atoms with Gasteiger partial charge in [-0.15, -0.1) is 0 Å². The molecule has 0 aliphatic rings. The fraction of sp³-hybridized carbons (Fsp3) is 0.111. The largest absolute Gasteiger partial charge is 0.495 e. The highest BCUT2D eigenvalue weighted by Gasteiger charge is 2.26. The van der Waals surface area contributed by atoms with Gasteiger partial charge in [0.1, 0.15) is 11.4 Å². The minimum atomic E-state index is -0.364. The number of ketones is 1. The molecule has 5 aromatic rings. The Hall–Kier alpha value is -3.94. The van der Waals surface area contributed by atoms with Crippen LogP contribution in [0.5, 0.6) is 5.75 Å². The lowest BCUT2D eigenvalue weighted by Gasteiger charge is -2.08. The van der Waals surface area contributed by atoms with Crippen molar-refractivity contribution in [1.29, 1.82) is 0 Å². The first-order valence-corrected chi connectivity index (χ1v) is 11.7. The second-order valence-electron chi connectivity index (χ2n) is 8.03. The van der Waals surface area contributed by atoms with Gasteiger partial charge in [-0.25, -0.2) is 4.98 Å². The smallest absolute Gasteiger partial charge is 0.264 e. The summed E-state index contributed by atoms with van der Waals surface area (Å²) in [6, 6.07) is 15.4. The number of methoxy groups -OCH3 is 1. The third-order valence-electron chi connectivity index (χ3n) is 5.91. The van der Waals surface area contributed by atoms with Crippen molar-refractivity contribution in [3.8, 4) is 17.2 Å². The van der Waals surface area contributed by atoms with Crippen LogP contribution in [-0.2, 0) is 6.42 Å².